The van der Waals surface area contributed by atoms with Gasteiger partial charge < -0.3 is 9.73 Å². The molecule has 6 heteroatoms. The maximum atomic E-state index is 12.2. The smallest absolute Gasteiger partial charge is 0.257 e. The number of amides is 1. The lowest BCUT2D eigenvalue weighted by Gasteiger charge is -2.14. The first-order valence-electron chi connectivity index (χ1n) is 8.86. The predicted octanol–water partition coefficient (Wildman–Crippen LogP) is 4.15. The van der Waals surface area contributed by atoms with Crippen LogP contribution in [-0.2, 0) is 11.3 Å². The van der Waals surface area contributed by atoms with E-state index in [9.17, 15) is 4.79 Å². The molecule has 0 atom stereocenters. The van der Waals surface area contributed by atoms with Gasteiger partial charge in [-0.3, -0.25) is 9.69 Å². The highest BCUT2D eigenvalue weighted by molar-refractivity contribution is 7.99. The molecular formula is C20H21N3O2S. The first kappa shape index (κ1) is 17.1. The van der Waals surface area contributed by atoms with Gasteiger partial charge in [0.05, 0.1) is 5.75 Å². The summed E-state index contributed by atoms with van der Waals surface area (Å²) in [6, 6.07) is 15.7. The molecule has 0 spiro atoms. The molecule has 1 aromatic heterocycles. The van der Waals surface area contributed by atoms with Crippen LogP contribution >= 0.6 is 11.8 Å². The molecule has 1 aliphatic heterocycles. The Kier molecular flexibility index (Phi) is 5.22. The topological polar surface area (TPSA) is 58.4 Å². The highest BCUT2D eigenvalue weighted by Crippen LogP contribution is 2.23. The van der Waals surface area contributed by atoms with Crippen LogP contribution in [0.4, 0.5) is 5.69 Å². The average molecular weight is 367 g/mol. The zero-order chi connectivity index (χ0) is 17.8. The number of aromatic nitrogens is 1. The fourth-order valence-corrected chi connectivity index (χ4v) is 3.77. The van der Waals surface area contributed by atoms with Gasteiger partial charge >= 0.3 is 0 Å². The van der Waals surface area contributed by atoms with Crippen LogP contribution < -0.4 is 5.32 Å². The molecule has 26 heavy (non-hydrogen) atoms. The monoisotopic (exact) mass is 367 g/mol. The van der Waals surface area contributed by atoms with E-state index in [-0.39, 0.29) is 11.7 Å². The summed E-state index contributed by atoms with van der Waals surface area (Å²) >= 11 is 1.30. The molecule has 0 radical (unpaired) electrons. The van der Waals surface area contributed by atoms with Gasteiger partial charge in [-0.25, -0.2) is 4.98 Å². The number of benzene rings is 2. The van der Waals surface area contributed by atoms with Crippen LogP contribution in [-0.4, -0.2) is 34.6 Å². The van der Waals surface area contributed by atoms with Crippen LogP contribution in [0.15, 0.2) is 58.2 Å². The molecular weight excluding hydrogens is 346 g/mol. The summed E-state index contributed by atoms with van der Waals surface area (Å²) in [6.07, 6.45) is 2.60. The van der Waals surface area contributed by atoms with Crippen molar-refractivity contribution in [3.8, 4) is 0 Å². The van der Waals surface area contributed by atoms with Gasteiger partial charge in [0.2, 0.25) is 5.91 Å². The molecule has 1 saturated heterocycles. The molecule has 0 bridgehead atoms. The maximum Gasteiger partial charge on any atom is 0.257 e. The second kappa shape index (κ2) is 7.93. The lowest BCUT2D eigenvalue weighted by atomic mass is 10.2. The number of hydrogen-bond acceptors (Lipinski definition) is 5. The van der Waals surface area contributed by atoms with Gasteiger partial charge in [-0.05, 0) is 55.8 Å². The number of oxazole rings is 1. The number of carbonyl (C=O) groups excluding carboxylic acids is 1. The van der Waals surface area contributed by atoms with Crippen molar-refractivity contribution in [2.75, 3.05) is 24.2 Å². The van der Waals surface area contributed by atoms with Gasteiger partial charge in [0, 0.05) is 12.2 Å². The first-order valence-corrected chi connectivity index (χ1v) is 9.84. The Morgan fingerprint density at radius 3 is 2.65 bits per heavy atom. The van der Waals surface area contributed by atoms with E-state index >= 15 is 0 Å². The van der Waals surface area contributed by atoms with Crippen LogP contribution in [0.25, 0.3) is 11.1 Å². The van der Waals surface area contributed by atoms with Gasteiger partial charge in [0.15, 0.2) is 5.58 Å². The van der Waals surface area contributed by atoms with Gasteiger partial charge in [-0.15, -0.1) is 0 Å². The van der Waals surface area contributed by atoms with Crippen LogP contribution in [0, 0.1) is 0 Å². The molecule has 0 aliphatic carbocycles. The number of fused-ring (bicyclic) bond motifs is 1. The van der Waals surface area contributed by atoms with E-state index in [2.05, 4.69) is 27.3 Å². The van der Waals surface area contributed by atoms with E-state index in [1.807, 2.05) is 36.4 Å². The number of para-hydroxylation sites is 2. The van der Waals surface area contributed by atoms with Crippen molar-refractivity contribution in [3.63, 3.8) is 0 Å². The summed E-state index contributed by atoms with van der Waals surface area (Å²) < 4.78 is 5.61. The Morgan fingerprint density at radius 2 is 1.88 bits per heavy atom. The quantitative estimate of drug-likeness (QED) is 0.663. The highest BCUT2D eigenvalue weighted by Gasteiger charge is 2.12. The molecule has 4 rings (SSSR count). The largest absolute Gasteiger partial charge is 0.431 e. The Hall–Kier alpha value is -2.31. The van der Waals surface area contributed by atoms with Crippen molar-refractivity contribution in [1.82, 2.24) is 9.88 Å². The SMILES string of the molecule is O=C(CSc1nc2ccccc2o1)Nc1ccc(CN2CCCC2)cc1. The molecule has 3 aromatic rings. The number of hydrogen-bond donors (Lipinski definition) is 1. The van der Waals surface area contributed by atoms with Crippen molar-refractivity contribution < 1.29 is 9.21 Å². The lowest BCUT2D eigenvalue weighted by molar-refractivity contribution is -0.113. The predicted molar refractivity (Wildman–Crippen MR) is 104 cm³/mol. The van der Waals surface area contributed by atoms with Crippen molar-refractivity contribution in [3.05, 3.63) is 54.1 Å². The number of nitrogens with zero attached hydrogens (tertiary/aromatic N) is 2. The Labute approximate surface area is 156 Å². The fraction of sp³-hybridized carbons (Fsp3) is 0.300. The molecule has 1 fully saturated rings. The van der Waals surface area contributed by atoms with E-state index < -0.39 is 0 Å². The van der Waals surface area contributed by atoms with E-state index in [1.54, 1.807) is 0 Å². The second-order valence-electron chi connectivity index (χ2n) is 6.46. The standard InChI is InChI=1S/C20H21N3O2S/c24-19(14-26-20-22-17-5-1-2-6-18(17)25-20)21-16-9-7-15(8-10-16)13-23-11-3-4-12-23/h1-2,5-10H,3-4,11-14H2,(H,21,24). The number of rotatable bonds is 6. The number of thioether (sulfide) groups is 1. The normalized spacial score (nSPS) is 14.8. The number of carbonyl (C=O) groups is 1. The minimum Gasteiger partial charge on any atom is -0.431 e. The highest BCUT2D eigenvalue weighted by atomic mass is 32.2. The minimum absolute atomic E-state index is 0.0652. The summed E-state index contributed by atoms with van der Waals surface area (Å²) in [6.45, 7) is 3.36. The van der Waals surface area contributed by atoms with E-state index in [4.69, 9.17) is 4.42 Å². The zero-order valence-electron chi connectivity index (χ0n) is 14.5. The Morgan fingerprint density at radius 1 is 1.12 bits per heavy atom. The van der Waals surface area contributed by atoms with Crippen LogP contribution in [0.3, 0.4) is 0 Å². The van der Waals surface area contributed by atoms with Crippen molar-refractivity contribution in [2.45, 2.75) is 24.6 Å². The van der Waals surface area contributed by atoms with Crippen molar-refractivity contribution in [2.24, 2.45) is 0 Å². The third kappa shape index (κ3) is 4.26. The molecule has 134 valence electrons. The minimum atomic E-state index is -0.0652. The molecule has 5 nitrogen and oxygen atoms in total. The molecule has 1 aliphatic rings. The molecule has 1 amide bonds. The fourth-order valence-electron chi connectivity index (χ4n) is 3.13. The number of likely N-dealkylation sites (tertiary alicyclic amines) is 1. The molecule has 2 heterocycles. The first-order chi connectivity index (χ1) is 12.8. The molecule has 0 saturated carbocycles. The summed E-state index contributed by atoms with van der Waals surface area (Å²) in [5, 5.41) is 3.44. The van der Waals surface area contributed by atoms with Crippen LogP contribution in [0.2, 0.25) is 0 Å². The summed E-state index contributed by atoms with van der Waals surface area (Å²) in [7, 11) is 0. The summed E-state index contributed by atoms with van der Waals surface area (Å²) in [5.74, 6) is 0.201. The van der Waals surface area contributed by atoms with Gasteiger partial charge in [0.1, 0.15) is 5.52 Å². The van der Waals surface area contributed by atoms with Gasteiger partial charge in [-0.2, -0.15) is 0 Å². The maximum absolute atomic E-state index is 12.2. The van der Waals surface area contributed by atoms with Crippen molar-refractivity contribution >= 4 is 34.5 Å². The van der Waals surface area contributed by atoms with E-state index in [0.717, 1.165) is 23.3 Å². The van der Waals surface area contributed by atoms with Crippen LogP contribution in [0.5, 0.6) is 0 Å². The third-order valence-electron chi connectivity index (χ3n) is 4.44. The number of nitrogens with one attached hydrogen (secondary N) is 1. The van der Waals surface area contributed by atoms with Gasteiger partial charge in [0.25, 0.3) is 5.22 Å². The van der Waals surface area contributed by atoms with Crippen LogP contribution in [0.1, 0.15) is 18.4 Å². The van der Waals surface area contributed by atoms with E-state index in [1.165, 1.54) is 43.3 Å². The van der Waals surface area contributed by atoms with Crippen molar-refractivity contribution in [1.29, 1.82) is 0 Å². The van der Waals surface area contributed by atoms with Gasteiger partial charge in [-0.1, -0.05) is 36.0 Å². The third-order valence-corrected chi connectivity index (χ3v) is 5.27. The molecule has 0 unspecified atom stereocenters. The molecule has 2 aromatic carbocycles. The Bertz CT molecular complexity index is 852. The number of anilines is 1. The second-order valence-corrected chi connectivity index (χ2v) is 7.39. The molecule has 1 N–H and O–H groups in total. The van der Waals surface area contributed by atoms with E-state index in [0.29, 0.717) is 5.22 Å². The summed E-state index contributed by atoms with van der Waals surface area (Å²) in [4.78, 5) is 19.0. The summed E-state index contributed by atoms with van der Waals surface area (Å²) in [5.41, 5.74) is 3.65. The average Bonchev–Trinajstić information content (AvgIpc) is 3.30. The Balaban J connectivity index is 1.28. The zero-order valence-corrected chi connectivity index (χ0v) is 15.3. The lowest BCUT2D eigenvalue weighted by Crippen LogP contribution is -2.18.